The molecule has 1 aromatic heterocycles. The van der Waals surface area contributed by atoms with Crippen molar-refractivity contribution >= 4 is 29.1 Å². The lowest BCUT2D eigenvalue weighted by Crippen LogP contribution is -2.15. The van der Waals surface area contributed by atoms with Crippen molar-refractivity contribution in [3.05, 3.63) is 46.5 Å². The highest BCUT2D eigenvalue weighted by Gasteiger charge is 2.10. The first-order valence-electron chi connectivity index (χ1n) is 5.33. The van der Waals surface area contributed by atoms with Gasteiger partial charge in [-0.15, -0.1) is 0 Å². The maximum absolute atomic E-state index is 13.0. The minimum atomic E-state index is -0.577. The molecule has 5 nitrogen and oxygen atoms in total. The number of nitrogens with one attached hydrogen (secondary N) is 1. The fraction of sp³-hybridized carbons (Fsp3) is 0.0833. The fourth-order valence-electron chi connectivity index (χ4n) is 1.44. The monoisotopic (exact) mass is 280 g/mol. The largest absolute Gasteiger partial charge is 0.396 e. The second-order valence-corrected chi connectivity index (χ2v) is 4.23. The molecule has 0 aliphatic rings. The van der Waals surface area contributed by atoms with Crippen molar-refractivity contribution in [2.24, 2.45) is 0 Å². The lowest BCUT2D eigenvalue weighted by molar-refractivity contribution is 0.102. The molecule has 2 aromatic rings. The molecule has 0 aliphatic heterocycles. The van der Waals surface area contributed by atoms with Gasteiger partial charge in [0, 0.05) is 11.3 Å². The van der Waals surface area contributed by atoms with E-state index in [0.717, 1.165) is 6.07 Å². The zero-order chi connectivity index (χ0) is 14.0. The van der Waals surface area contributed by atoms with Crippen LogP contribution in [0.3, 0.4) is 0 Å². The summed E-state index contributed by atoms with van der Waals surface area (Å²) in [5.74, 6) is -0.988. The molecule has 0 radical (unpaired) electrons. The Kier molecular flexibility index (Phi) is 3.62. The normalized spacial score (nSPS) is 10.3. The lowest BCUT2D eigenvalue weighted by Gasteiger charge is -2.06. The number of rotatable bonds is 2. The van der Waals surface area contributed by atoms with E-state index in [1.54, 1.807) is 13.0 Å². The summed E-state index contributed by atoms with van der Waals surface area (Å²) in [5.41, 5.74) is 6.12. The summed E-state index contributed by atoms with van der Waals surface area (Å²) in [6.45, 7) is 1.72. The number of hydrogen-bond acceptors (Lipinski definition) is 4. The van der Waals surface area contributed by atoms with Crippen molar-refractivity contribution in [1.29, 1.82) is 0 Å². The van der Waals surface area contributed by atoms with Crippen molar-refractivity contribution in [2.75, 3.05) is 11.1 Å². The Morgan fingerprint density at radius 3 is 2.74 bits per heavy atom. The van der Waals surface area contributed by atoms with Crippen molar-refractivity contribution in [3.8, 4) is 0 Å². The number of aromatic nitrogens is 2. The van der Waals surface area contributed by atoms with Crippen LogP contribution in [0.1, 0.15) is 16.1 Å². The molecule has 0 fully saturated rings. The molecule has 2 rings (SSSR count). The highest BCUT2D eigenvalue weighted by molar-refractivity contribution is 6.29. The van der Waals surface area contributed by atoms with Gasteiger partial charge in [0.25, 0.3) is 5.91 Å². The first-order valence-corrected chi connectivity index (χ1v) is 5.71. The topological polar surface area (TPSA) is 80.9 Å². The molecule has 0 atom stereocenters. The number of nitrogen functional groups attached to an aromatic ring is 1. The summed E-state index contributed by atoms with van der Waals surface area (Å²) in [6.07, 6.45) is 0. The minimum absolute atomic E-state index is 0.0814. The molecule has 19 heavy (non-hydrogen) atoms. The fourth-order valence-corrected chi connectivity index (χ4v) is 1.68. The van der Waals surface area contributed by atoms with Crippen LogP contribution in [-0.2, 0) is 0 Å². The summed E-state index contributed by atoms with van der Waals surface area (Å²) < 4.78 is 13.0. The number of anilines is 2. The molecule has 0 unspecified atom stereocenters. The number of nitrogens with zero attached hydrogens (tertiary/aromatic N) is 2. The van der Waals surface area contributed by atoms with Crippen molar-refractivity contribution < 1.29 is 9.18 Å². The Hall–Kier alpha value is -2.21. The van der Waals surface area contributed by atoms with E-state index >= 15 is 0 Å². The Labute approximate surface area is 113 Å². The van der Waals surface area contributed by atoms with E-state index in [2.05, 4.69) is 15.3 Å². The third-order valence-corrected chi connectivity index (χ3v) is 2.50. The summed E-state index contributed by atoms with van der Waals surface area (Å²) in [4.78, 5) is 19.8. The SMILES string of the molecule is Cc1cc(Cl)nc(NC(=O)c2ccc(F)c(N)c2)n1. The number of amides is 1. The summed E-state index contributed by atoms with van der Waals surface area (Å²) in [5, 5.41) is 2.69. The van der Waals surface area contributed by atoms with Crippen molar-refractivity contribution in [2.45, 2.75) is 6.92 Å². The second kappa shape index (κ2) is 5.19. The van der Waals surface area contributed by atoms with E-state index in [4.69, 9.17) is 17.3 Å². The van der Waals surface area contributed by atoms with Gasteiger partial charge in [-0.25, -0.2) is 14.4 Å². The lowest BCUT2D eigenvalue weighted by atomic mass is 10.2. The Morgan fingerprint density at radius 2 is 2.11 bits per heavy atom. The number of nitrogens with two attached hydrogens (primary N) is 1. The Bertz CT molecular complexity index is 627. The van der Waals surface area contributed by atoms with Crippen LogP contribution in [-0.4, -0.2) is 15.9 Å². The van der Waals surface area contributed by atoms with E-state index < -0.39 is 11.7 Å². The zero-order valence-corrected chi connectivity index (χ0v) is 10.7. The van der Waals surface area contributed by atoms with Gasteiger partial charge in [0.2, 0.25) is 5.95 Å². The van der Waals surface area contributed by atoms with Gasteiger partial charge in [-0.2, -0.15) is 0 Å². The molecule has 1 amide bonds. The smallest absolute Gasteiger partial charge is 0.258 e. The standard InChI is InChI=1S/C12H10ClFN4O/c1-6-4-10(13)17-12(16-6)18-11(19)7-2-3-8(14)9(15)5-7/h2-5H,15H2,1H3,(H,16,17,18,19). The quantitative estimate of drug-likeness (QED) is 0.654. The number of halogens is 2. The van der Waals surface area contributed by atoms with Gasteiger partial charge in [0.1, 0.15) is 11.0 Å². The number of aryl methyl sites for hydroxylation is 1. The van der Waals surface area contributed by atoms with Gasteiger partial charge in [-0.1, -0.05) is 11.6 Å². The highest BCUT2D eigenvalue weighted by atomic mass is 35.5. The molecule has 0 aliphatic carbocycles. The summed E-state index contributed by atoms with van der Waals surface area (Å²) in [7, 11) is 0. The van der Waals surface area contributed by atoms with Crippen molar-refractivity contribution in [1.82, 2.24) is 9.97 Å². The molecule has 1 aromatic carbocycles. The maximum atomic E-state index is 13.0. The molecule has 1 heterocycles. The van der Waals surface area contributed by atoms with Crippen LogP contribution in [0.15, 0.2) is 24.3 Å². The van der Waals surface area contributed by atoms with Crippen LogP contribution < -0.4 is 11.1 Å². The van der Waals surface area contributed by atoms with Crippen LogP contribution in [0.5, 0.6) is 0 Å². The van der Waals surface area contributed by atoms with Gasteiger partial charge >= 0.3 is 0 Å². The van der Waals surface area contributed by atoms with E-state index in [1.807, 2.05) is 0 Å². The number of carbonyl (C=O) groups is 1. The van der Waals surface area contributed by atoms with Crippen LogP contribution in [0.25, 0.3) is 0 Å². The first-order chi connectivity index (χ1) is 8.95. The highest BCUT2D eigenvalue weighted by Crippen LogP contribution is 2.14. The average Bonchev–Trinajstić information content (AvgIpc) is 2.31. The molecular formula is C12H10ClFN4O. The molecule has 3 N–H and O–H groups in total. The third kappa shape index (κ3) is 3.17. The average molecular weight is 281 g/mol. The molecule has 0 saturated carbocycles. The predicted molar refractivity (Wildman–Crippen MR) is 70.5 cm³/mol. The summed E-state index contributed by atoms with van der Waals surface area (Å²) >= 11 is 5.75. The molecular weight excluding hydrogens is 271 g/mol. The second-order valence-electron chi connectivity index (χ2n) is 3.85. The van der Waals surface area contributed by atoms with Crippen LogP contribution in [0.4, 0.5) is 16.0 Å². The number of carbonyl (C=O) groups excluding carboxylic acids is 1. The molecule has 7 heteroatoms. The number of hydrogen-bond donors (Lipinski definition) is 2. The van der Waals surface area contributed by atoms with Gasteiger partial charge in [0.05, 0.1) is 5.69 Å². The molecule has 0 saturated heterocycles. The first kappa shape index (κ1) is 13.2. The van der Waals surface area contributed by atoms with E-state index in [-0.39, 0.29) is 22.4 Å². The Morgan fingerprint density at radius 1 is 1.37 bits per heavy atom. The number of benzene rings is 1. The minimum Gasteiger partial charge on any atom is -0.396 e. The van der Waals surface area contributed by atoms with Crippen LogP contribution in [0.2, 0.25) is 5.15 Å². The van der Waals surface area contributed by atoms with Gasteiger partial charge in [-0.05, 0) is 31.2 Å². The maximum Gasteiger partial charge on any atom is 0.258 e. The predicted octanol–water partition coefficient (Wildman–Crippen LogP) is 2.41. The van der Waals surface area contributed by atoms with Gasteiger partial charge in [-0.3, -0.25) is 10.1 Å². The van der Waals surface area contributed by atoms with E-state index in [1.165, 1.54) is 12.1 Å². The van der Waals surface area contributed by atoms with Crippen LogP contribution in [0, 0.1) is 12.7 Å². The van der Waals surface area contributed by atoms with Gasteiger partial charge in [0.15, 0.2) is 0 Å². The molecule has 98 valence electrons. The summed E-state index contributed by atoms with van der Waals surface area (Å²) in [6, 6.07) is 5.24. The molecule has 0 spiro atoms. The zero-order valence-electron chi connectivity index (χ0n) is 9.95. The van der Waals surface area contributed by atoms with E-state index in [9.17, 15) is 9.18 Å². The third-order valence-electron chi connectivity index (χ3n) is 2.31. The van der Waals surface area contributed by atoms with E-state index in [0.29, 0.717) is 5.69 Å². The van der Waals surface area contributed by atoms with Gasteiger partial charge < -0.3 is 5.73 Å². The van der Waals surface area contributed by atoms with Crippen LogP contribution >= 0.6 is 11.6 Å². The Balaban J connectivity index is 2.22. The molecule has 0 bridgehead atoms. The van der Waals surface area contributed by atoms with Crippen molar-refractivity contribution in [3.63, 3.8) is 0 Å².